The van der Waals surface area contributed by atoms with Crippen LogP contribution in [0.4, 0.5) is 0 Å². The Bertz CT molecular complexity index is 543. The zero-order valence-corrected chi connectivity index (χ0v) is 21.1. The lowest BCUT2D eigenvalue weighted by atomic mass is 9.70. The third kappa shape index (κ3) is 5.24. The van der Waals surface area contributed by atoms with Crippen molar-refractivity contribution in [3.05, 3.63) is 0 Å². The summed E-state index contributed by atoms with van der Waals surface area (Å²) in [5.74, 6) is 0.931. The molecule has 30 heavy (non-hydrogen) atoms. The Morgan fingerprint density at radius 2 is 1.17 bits per heavy atom. The second-order valence-electron chi connectivity index (χ2n) is 13.2. The summed E-state index contributed by atoms with van der Waals surface area (Å²) in [7, 11) is 0. The van der Waals surface area contributed by atoms with Crippen molar-refractivity contribution in [1.29, 1.82) is 0 Å². The molecule has 4 fully saturated rings. The van der Waals surface area contributed by atoms with Gasteiger partial charge in [0.15, 0.2) is 0 Å². The van der Waals surface area contributed by atoms with Crippen LogP contribution < -0.4 is 0 Å². The normalized spacial score (nSPS) is 29.4. The maximum Gasteiger partial charge on any atom is 0.0125 e. The quantitative estimate of drug-likeness (QED) is 0.682. The van der Waals surface area contributed by atoms with Crippen molar-refractivity contribution in [3.63, 3.8) is 0 Å². The molecule has 0 N–H and O–H groups in total. The molecule has 0 unspecified atom stereocenters. The number of piperidine rings is 3. The van der Waals surface area contributed by atoms with E-state index in [1.165, 1.54) is 97.4 Å². The molecule has 4 saturated heterocycles. The Balaban J connectivity index is 1.14. The molecule has 0 saturated carbocycles. The Kier molecular flexibility index (Phi) is 6.63. The second kappa shape index (κ2) is 8.65. The van der Waals surface area contributed by atoms with Gasteiger partial charge in [-0.3, -0.25) is 14.7 Å². The van der Waals surface area contributed by atoms with Crippen LogP contribution in [0.2, 0.25) is 0 Å². The highest BCUT2D eigenvalue weighted by atomic mass is 15.3. The summed E-state index contributed by atoms with van der Waals surface area (Å²) < 4.78 is 0. The van der Waals surface area contributed by atoms with Crippen LogP contribution in [0.3, 0.4) is 0 Å². The first kappa shape index (κ1) is 23.0. The van der Waals surface area contributed by atoms with Gasteiger partial charge in [-0.1, -0.05) is 0 Å². The fourth-order valence-electron chi connectivity index (χ4n) is 6.66. The van der Waals surface area contributed by atoms with Crippen molar-refractivity contribution in [1.82, 2.24) is 19.6 Å². The first-order valence-electron chi connectivity index (χ1n) is 13.0. The van der Waals surface area contributed by atoms with Gasteiger partial charge in [0.25, 0.3) is 0 Å². The first-order valence-corrected chi connectivity index (χ1v) is 13.0. The second-order valence-corrected chi connectivity index (χ2v) is 13.2. The molecule has 0 radical (unpaired) electrons. The van der Waals surface area contributed by atoms with Crippen LogP contribution in [0.5, 0.6) is 0 Å². The number of hydrogen-bond acceptors (Lipinski definition) is 4. The average Bonchev–Trinajstić information content (AvgIpc) is 2.66. The summed E-state index contributed by atoms with van der Waals surface area (Å²) >= 11 is 0. The van der Waals surface area contributed by atoms with E-state index in [0.29, 0.717) is 16.5 Å². The summed E-state index contributed by atoms with van der Waals surface area (Å²) in [6, 6.07) is 0.871. The Morgan fingerprint density at radius 3 is 1.67 bits per heavy atom. The Hall–Kier alpha value is -0.160. The molecule has 0 atom stereocenters. The molecular weight excluding hydrogens is 368 g/mol. The molecule has 174 valence electrons. The van der Waals surface area contributed by atoms with E-state index in [9.17, 15) is 0 Å². The number of likely N-dealkylation sites (tertiary alicyclic amines) is 4. The molecule has 4 heterocycles. The molecule has 1 spiro atoms. The van der Waals surface area contributed by atoms with E-state index >= 15 is 0 Å². The van der Waals surface area contributed by atoms with Crippen molar-refractivity contribution in [2.24, 2.45) is 11.3 Å². The van der Waals surface area contributed by atoms with Gasteiger partial charge in [0.05, 0.1) is 0 Å². The highest BCUT2D eigenvalue weighted by molar-refractivity contribution is 5.02. The minimum Gasteiger partial charge on any atom is -0.303 e. The molecule has 0 aromatic rings. The van der Waals surface area contributed by atoms with E-state index in [4.69, 9.17) is 0 Å². The van der Waals surface area contributed by atoms with Gasteiger partial charge in [-0.2, -0.15) is 0 Å². The van der Waals surface area contributed by atoms with Crippen LogP contribution in [-0.4, -0.2) is 95.6 Å². The van der Waals surface area contributed by atoms with E-state index in [1.54, 1.807) is 0 Å². The van der Waals surface area contributed by atoms with E-state index in [2.05, 4.69) is 61.1 Å². The lowest BCUT2D eigenvalue weighted by molar-refractivity contribution is -0.0905. The highest BCUT2D eigenvalue weighted by Crippen LogP contribution is 2.43. The largest absolute Gasteiger partial charge is 0.303 e. The minimum absolute atomic E-state index is 0.348. The first-order chi connectivity index (χ1) is 14.0. The van der Waals surface area contributed by atoms with E-state index < -0.39 is 0 Å². The van der Waals surface area contributed by atoms with Crippen LogP contribution in [0, 0.1) is 11.3 Å². The molecule has 4 rings (SSSR count). The molecule has 0 aromatic heterocycles. The molecule has 0 aromatic carbocycles. The monoisotopic (exact) mass is 418 g/mol. The highest BCUT2D eigenvalue weighted by Gasteiger charge is 2.48. The third-order valence-corrected chi connectivity index (χ3v) is 9.00. The van der Waals surface area contributed by atoms with Gasteiger partial charge in [-0.15, -0.1) is 0 Å². The molecule has 4 nitrogen and oxygen atoms in total. The van der Waals surface area contributed by atoms with Gasteiger partial charge < -0.3 is 4.90 Å². The molecule has 0 aliphatic carbocycles. The van der Waals surface area contributed by atoms with Crippen molar-refractivity contribution in [2.75, 3.05) is 58.9 Å². The number of hydrogen-bond donors (Lipinski definition) is 0. The van der Waals surface area contributed by atoms with Crippen LogP contribution in [0.15, 0.2) is 0 Å². The van der Waals surface area contributed by atoms with Crippen LogP contribution in [0.25, 0.3) is 0 Å². The van der Waals surface area contributed by atoms with Gasteiger partial charge in [0.1, 0.15) is 0 Å². The summed E-state index contributed by atoms with van der Waals surface area (Å²) in [5.41, 5.74) is 1.36. The molecule has 0 bridgehead atoms. The topological polar surface area (TPSA) is 13.0 Å². The smallest absolute Gasteiger partial charge is 0.0125 e. The van der Waals surface area contributed by atoms with Crippen LogP contribution in [0.1, 0.15) is 80.1 Å². The zero-order chi connectivity index (χ0) is 21.6. The van der Waals surface area contributed by atoms with Gasteiger partial charge in [0.2, 0.25) is 0 Å². The van der Waals surface area contributed by atoms with Crippen molar-refractivity contribution >= 4 is 0 Å². The van der Waals surface area contributed by atoms with Crippen molar-refractivity contribution < 1.29 is 0 Å². The maximum atomic E-state index is 2.85. The van der Waals surface area contributed by atoms with Gasteiger partial charge in [0, 0.05) is 36.8 Å². The van der Waals surface area contributed by atoms with E-state index in [1.807, 2.05) is 0 Å². The lowest BCUT2D eigenvalue weighted by Gasteiger charge is -2.58. The minimum atomic E-state index is 0.348. The number of rotatable bonds is 3. The summed E-state index contributed by atoms with van der Waals surface area (Å²) in [6.45, 7) is 26.3. The Labute approximate surface area is 187 Å². The summed E-state index contributed by atoms with van der Waals surface area (Å²) in [4.78, 5) is 11.0. The Morgan fingerprint density at radius 1 is 0.667 bits per heavy atom. The average molecular weight is 419 g/mol. The molecule has 4 aliphatic heterocycles. The van der Waals surface area contributed by atoms with Crippen LogP contribution in [-0.2, 0) is 0 Å². The predicted molar refractivity (Wildman–Crippen MR) is 128 cm³/mol. The SMILES string of the molecule is CC(C)(C)N1CCC(CN2CCC(N3CC4(CCN(C(C)(C)C)CC4)C3)CC2)CC1. The predicted octanol–water partition coefficient (Wildman–Crippen LogP) is 4.16. The molecule has 4 aliphatic rings. The fraction of sp³-hybridized carbons (Fsp3) is 1.00. The van der Waals surface area contributed by atoms with Crippen molar-refractivity contribution in [2.45, 2.75) is 97.2 Å². The maximum absolute atomic E-state index is 2.85. The summed E-state index contributed by atoms with van der Waals surface area (Å²) in [6.07, 6.45) is 8.46. The van der Waals surface area contributed by atoms with Gasteiger partial charge >= 0.3 is 0 Å². The van der Waals surface area contributed by atoms with E-state index in [0.717, 1.165) is 12.0 Å². The van der Waals surface area contributed by atoms with Crippen molar-refractivity contribution in [3.8, 4) is 0 Å². The van der Waals surface area contributed by atoms with Gasteiger partial charge in [-0.05, 0) is 131 Å². The molecular formula is C26H50N4. The van der Waals surface area contributed by atoms with Gasteiger partial charge in [-0.25, -0.2) is 0 Å². The fourth-order valence-corrected chi connectivity index (χ4v) is 6.66. The molecule has 0 amide bonds. The van der Waals surface area contributed by atoms with Crippen LogP contribution >= 0.6 is 0 Å². The lowest BCUT2D eigenvalue weighted by Crippen LogP contribution is -2.65. The van der Waals surface area contributed by atoms with E-state index in [-0.39, 0.29) is 0 Å². The third-order valence-electron chi connectivity index (χ3n) is 9.00. The standard InChI is InChI=1S/C26H50N4/c1-24(2,3)29-15-7-22(8-16-29)19-27-13-9-23(10-14-27)28-20-26(21-28)11-17-30(18-12-26)25(4,5)6/h22-23H,7-21H2,1-6H3. The number of nitrogens with zero attached hydrogens (tertiary/aromatic N) is 4. The zero-order valence-electron chi connectivity index (χ0n) is 21.1. The summed E-state index contributed by atoms with van der Waals surface area (Å²) in [5, 5.41) is 0. The molecule has 4 heteroatoms.